The Bertz CT molecular complexity index is 925. The van der Waals surface area contributed by atoms with E-state index in [-0.39, 0.29) is 11.3 Å². The first-order chi connectivity index (χ1) is 12.6. The smallest absolute Gasteiger partial charge is 0.329 e. The van der Waals surface area contributed by atoms with Crippen molar-refractivity contribution in [3.63, 3.8) is 0 Å². The van der Waals surface area contributed by atoms with Crippen LogP contribution in [0.25, 0.3) is 11.0 Å². The Morgan fingerprint density at radius 1 is 1.27 bits per heavy atom. The van der Waals surface area contributed by atoms with Gasteiger partial charge in [-0.3, -0.25) is 19.1 Å². The highest BCUT2D eigenvalue weighted by atomic mass is 16.2. The van der Waals surface area contributed by atoms with E-state index >= 15 is 0 Å². The molecule has 2 aromatic rings. The third-order valence-corrected chi connectivity index (χ3v) is 4.84. The van der Waals surface area contributed by atoms with Gasteiger partial charge in [-0.05, 0) is 32.3 Å². The predicted octanol–water partition coefficient (Wildman–Crippen LogP) is 2.29. The molecular weight excluding hydrogens is 332 g/mol. The van der Waals surface area contributed by atoms with Crippen molar-refractivity contribution in [3.8, 4) is 0 Å². The van der Waals surface area contributed by atoms with Gasteiger partial charge in [0.25, 0.3) is 11.5 Å². The van der Waals surface area contributed by atoms with E-state index in [1.807, 2.05) is 6.92 Å². The molecule has 1 aliphatic rings. The Hall–Kier alpha value is -2.44. The summed E-state index contributed by atoms with van der Waals surface area (Å²) in [5.74, 6) is 0.0396. The first-order valence-corrected chi connectivity index (χ1v) is 9.52. The molecule has 0 saturated heterocycles. The molecule has 1 aliphatic carbocycles. The van der Waals surface area contributed by atoms with E-state index in [1.165, 1.54) is 4.57 Å². The average Bonchev–Trinajstić information content (AvgIpc) is 3.45. The molecule has 3 rings (SSSR count). The number of hydrogen-bond acceptors (Lipinski definition) is 4. The largest absolute Gasteiger partial charge is 0.352 e. The summed E-state index contributed by atoms with van der Waals surface area (Å²) >= 11 is 0. The third-order valence-electron chi connectivity index (χ3n) is 4.84. The molecular formula is C19H26N4O3. The van der Waals surface area contributed by atoms with Gasteiger partial charge in [-0.2, -0.15) is 0 Å². The van der Waals surface area contributed by atoms with Gasteiger partial charge >= 0.3 is 5.69 Å². The van der Waals surface area contributed by atoms with Crippen LogP contribution in [0, 0.1) is 0 Å². The van der Waals surface area contributed by atoms with Crippen LogP contribution < -0.4 is 16.6 Å². The van der Waals surface area contributed by atoms with Gasteiger partial charge in [0.15, 0.2) is 5.65 Å². The van der Waals surface area contributed by atoms with Crippen LogP contribution in [-0.4, -0.2) is 27.0 Å². The molecule has 1 saturated carbocycles. The van der Waals surface area contributed by atoms with E-state index in [4.69, 9.17) is 0 Å². The number of nitrogens with zero attached hydrogens (tertiary/aromatic N) is 2. The number of rotatable bonds is 8. The highest BCUT2D eigenvalue weighted by molar-refractivity contribution is 6.05. The summed E-state index contributed by atoms with van der Waals surface area (Å²) in [6.45, 7) is 4.91. The summed E-state index contributed by atoms with van der Waals surface area (Å²) in [6, 6.07) is 1.72. The van der Waals surface area contributed by atoms with Crippen molar-refractivity contribution >= 4 is 16.9 Å². The Morgan fingerprint density at radius 3 is 2.69 bits per heavy atom. The Balaban J connectivity index is 2.01. The lowest BCUT2D eigenvalue weighted by molar-refractivity contribution is 0.0954. The summed E-state index contributed by atoms with van der Waals surface area (Å²) in [6.07, 6.45) is 6.30. The second kappa shape index (κ2) is 7.85. The highest BCUT2D eigenvalue weighted by Gasteiger charge is 2.28. The third kappa shape index (κ3) is 3.71. The Labute approximate surface area is 151 Å². The number of aromatic nitrogens is 3. The summed E-state index contributed by atoms with van der Waals surface area (Å²) in [7, 11) is 0. The maximum atomic E-state index is 12.7. The monoisotopic (exact) mass is 358 g/mol. The number of pyridine rings is 1. The van der Waals surface area contributed by atoms with Crippen LogP contribution in [0.4, 0.5) is 0 Å². The molecule has 2 aromatic heterocycles. The molecule has 26 heavy (non-hydrogen) atoms. The van der Waals surface area contributed by atoms with Crippen LogP contribution in [0.1, 0.15) is 74.3 Å². The number of H-pyrrole nitrogens is 1. The molecule has 0 radical (unpaired) electrons. The standard InChI is InChI=1S/C19H26N4O3/c1-3-5-6-7-10-20-17(24)13-11-14(12-8-9-12)21-16-15(13)18(25)22-19(26)23(16)4-2/h11-12H,3-10H2,1-2H3,(H,20,24)(H,22,25,26). The number of carbonyl (C=O) groups excluding carboxylic acids is 1. The minimum absolute atomic E-state index is 0.196. The lowest BCUT2D eigenvalue weighted by Crippen LogP contribution is -2.33. The maximum absolute atomic E-state index is 12.7. The van der Waals surface area contributed by atoms with E-state index in [1.54, 1.807) is 6.07 Å². The molecule has 140 valence electrons. The number of hydrogen-bond donors (Lipinski definition) is 2. The zero-order valence-corrected chi connectivity index (χ0v) is 15.4. The number of aryl methyl sites for hydroxylation is 1. The van der Waals surface area contributed by atoms with Gasteiger partial charge < -0.3 is 5.32 Å². The number of fused-ring (bicyclic) bond motifs is 1. The van der Waals surface area contributed by atoms with Crippen molar-refractivity contribution in [2.24, 2.45) is 0 Å². The zero-order valence-electron chi connectivity index (χ0n) is 15.4. The summed E-state index contributed by atoms with van der Waals surface area (Å²) in [5, 5.41) is 3.11. The fourth-order valence-electron chi connectivity index (χ4n) is 3.20. The molecule has 1 amide bonds. The normalized spacial score (nSPS) is 13.9. The number of amides is 1. The molecule has 7 heteroatoms. The predicted molar refractivity (Wildman–Crippen MR) is 101 cm³/mol. The topological polar surface area (TPSA) is 96.8 Å². The minimum Gasteiger partial charge on any atom is -0.352 e. The molecule has 0 spiro atoms. The van der Waals surface area contributed by atoms with Gasteiger partial charge in [-0.25, -0.2) is 9.78 Å². The molecule has 0 atom stereocenters. The zero-order chi connectivity index (χ0) is 18.7. The van der Waals surface area contributed by atoms with Gasteiger partial charge in [0.05, 0.1) is 10.9 Å². The van der Waals surface area contributed by atoms with E-state index in [9.17, 15) is 14.4 Å². The lowest BCUT2D eigenvalue weighted by atomic mass is 10.1. The first-order valence-electron chi connectivity index (χ1n) is 9.52. The lowest BCUT2D eigenvalue weighted by Gasteiger charge is -2.12. The van der Waals surface area contributed by atoms with Gasteiger partial charge in [0.1, 0.15) is 0 Å². The fraction of sp³-hybridized carbons (Fsp3) is 0.579. The maximum Gasteiger partial charge on any atom is 0.329 e. The van der Waals surface area contributed by atoms with Gasteiger partial charge in [-0.1, -0.05) is 26.2 Å². The SMILES string of the molecule is CCCCCCNC(=O)c1cc(C2CC2)nc2c1c(=O)[nH]c(=O)n2CC. The fourth-order valence-corrected chi connectivity index (χ4v) is 3.20. The van der Waals surface area contributed by atoms with Crippen LogP contribution in [0.2, 0.25) is 0 Å². The molecule has 0 bridgehead atoms. The van der Waals surface area contributed by atoms with Crippen molar-refractivity contribution in [1.82, 2.24) is 19.9 Å². The molecule has 2 N–H and O–H groups in total. The van der Waals surface area contributed by atoms with Crippen molar-refractivity contribution in [2.45, 2.75) is 64.8 Å². The van der Waals surface area contributed by atoms with Crippen molar-refractivity contribution < 1.29 is 4.79 Å². The van der Waals surface area contributed by atoms with Crippen molar-refractivity contribution in [3.05, 3.63) is 38.2 Å². The Kier molecular flexibility index (Phi) is 5.54. The van der Waals surface area contributed by atoms with E-state index < -0.39 is 11.2 Å². The molecule has 0 aliphatic heterocycles. The minimum atomic E-state index is -0.555. The van der Waals surface area contributed by atoms with Gasteiger partial charge in [0, 0.05) is 24.7 Å². The number of unbranched alkanes of at least 4 members (excludes halogenated alkanes) is 3. The second-order valence-corrected chi connectivity index (χ2v) is 6.89. The molecule has 1 fully saturated rings. The van der Waals surface area contributed by atoms with Crippen molar-refractivity contribution in [1.29, 1.82) is 0 Å². The highest BCUT2D eigenvalue weighted by Crippen LogP contribution is 2.39. The van der Waals surface area contributed by atoms with Gasteiger partial charge in [0.2, 0.25) is 0 Å². The Morgan fingerprint density at radius 2 is 2.04 bits per heavy atom. The summed E-state index contributed by atoms with van der Waals surface area (Å²) in [5.41, 5.74) is 0.371. The molecule has 0 aromatic carbocycles. The summed E-state index contributed by atoms with van der Waals surface area (Å²) < 4.78 is 1.42. The average molecular weight is 358 g/mol. The van der Waals surface area contributed by atoms with E-state index in [0.717, 1.165) is 44.2 Å². The number of aromatic amines is 1. The van der Waals surface area contributed by atoms with Crippen LogP contribution in [0.15, 0.2) is 15.7 Å². The summed E-state index contributed by atoms with van der Waals surface area (Å²) in [4.78, 5) is 44.1. The number of carbonyl (C=O) groups is 1. The van der Waals surface area contributed by atoms with E-state index in [0.29, 0.717) is 30.2 Å². The van der Waals surface area contributed by atoms with Crippen LogP contribution in [-0.2, 0) is 6.54 Å². The first kappa shape index (κ1) is 18.4. The molecule has 7 nitrogen and oxygen atoms in total. The van der Waals surface area contributed by atoms with Crippen LogP contribution in [0.5, 0.6) is 0 Å². The van der Waals surface area contributed by atoms with Crippen LogP contribution >= 0.6 is 0 Å². The van der Waals surface area contributed by atoms with Crippen LogP contribution in [0.3, 0.4) is 0 Å². The molecule has 2 heterocycles. The van der Waals surface area contributed by atoms with Crippen molar-refractivity contribution in [2.75, 3.05) is 6.54 Å². The van der Waals surface area contributed by atoms with E-state index in [2.05, 4.69) is 22.2 Å². The quantitative estimate of drug-likeness (QED) is 0.708. The second-order valence-electron chi connectivity index (χ2n) is 6.89. The number of nitrogens with one attached hydrogen (secondary N) is 2. The van der Waals surface area contributed by atoms with Gasteiger partial charge in [-0.15, -0.1) is 0 Å². The molecule has 0 unspecified atom stereocenters.